The minimum absolute atomic E-state index is 0.103. The van der Waals surface area contributed by atoms with E-state index in [2.05, 4.69) is 10.1 Å². The van der Waals surface area contributed by atoms with Crippen molar-refractivity contribution in [3.8, 4) is 0 Å². The topological polar surface area (TPSA) is 94.4 Å². The molecule has 0 unspecified atom stereocenters. The van der Waals surface area contributed by atoms with Crippen LogP contribution in [0.5, 0.6) is 0 Å². The molecule has 2 aliphatic carbocycles. The van der Waals surface area contributed by atoms with Gasteiger partial charge in [0.15, 0.2) is 11.5 Å². The summed E-state index contributed by atoms with van der Waals surface area (Å²) < 4.78 is 90.9. The Balaban J connectivity index is 1.68. The molecule has 0 radical (unpaired) electrons. The third kappa shape index (κ3) is 6.64. The second kappa shape index (κ2) is 11.9. The number of nitrogens with zero attached hydrogens (tertiary/aromatic N) is 4. The Kier molecular flexibility index (Phi) is 9.14. The molecule has 8 nitrogen and oxygen atoms in total. The molecular weight excluding hydrogens is 629 g/mol. The van der Waals surface area contributed by atoms with Gasteiger partial charge in [0, 0.05) is 18.9 Å². The van der Waals surface area contributed by atoms with Gasteiger partial charge in [-0.2, -0.15) is 31.4 Å². The van der Waals surface area contributed by atoms with E-state index >= 15 is 0 Å². The van der Waals surface area contributed by atoms with Crippen LogP contribution < -0.4 is 0 Å². The predicted molar refractivity (Wildman–Crippen MR) is 142 cm³/mol. The highest BCUT2D eigenvalue weighted by Crippen LogP contribution is 2.58. The molecule has 4 rings (SSSR count). The molecule has 1 amide bonds. The SMILES string of the molecule is CCOC(=O)C1(C)CCC(n2ncc(C(=O)N(CC(=O)c3c(Cl)cncc3Cl)CC3(C(F)(F)F)CC3)c2C(F)(F)F)CC1. The lowest BCUT2D eigenvalue weighted by Crippen LogP contribution is -2.44. The highest BCUT2D eigenvalue weighted by Gasteiger charge is 2.64. The molecule has 2 aromatic heterocycles. The Morgan fingerprint density at radius 3 is 2.09 bits per heavy atom. The molecule has 43 heavy (non-hydrogen) atoms. The summed E-state index contributed by atoms with van der Waals surface area (Å²) in [5, 5.41) is 3.36. The number of carbonyl (C=O) groups excluding carboxylic acids is 3. The molecule has 2 heterocycles. The molecule has 0 bridgehead atoms. The number of aromatic nitrogens is 3. The molecule has 0 spiro atoms. The van der Waals surface area contributed by atoms with Crippen molar-refractivity contribution in [3.05, 3.63) is 45.5 Å². The van der Waals surface area contributed by atoms with Crippen LogP contribution in [0.15, 0.2) is 18.6 Å². The maximum absolute atomic E-state index is 14.5. The molecule has 2 fully saturated rings. The molecule has 0 aromatic carbocycles. The molecule has 2 aliphatic rings. The van der Waals surface area contributed by atoms with E-state index in [1.807, 2.05) is 0 Å². The Morgan fingerprint density at radius 1 is 1.02 bits per heavy atom. The number of halogens is 8. The van der Waals surface area contributed by atoms with Crippen LogP contribution in [-0.2, 0) is 15.7 Å². The van der Waals surface area contributed by atoms with Gasteiger partial charge in [-0.3, -0.25) is 24.0 Å². The first kappa shape index (κ1) is 33.0. The average Bonchev–Trinajstić information content (AvgIpc) is 3.56. The van der Waals surface area contributed by atoms with E-state index in [0.717, 1.165) is 12.4 Å². The zero-order valence-electron chi connectivity index (χ0n) is 23.1. The van der Waals surface area contributed by atoms with Crippen molar-refractivity contribution >= 4 is 40.9 Å². The third-order valence-electron chi connectivity index (χ3n) is 8.17. The fourth-order valence-electron chi connectivity index (χ4n) is 5.42. The van der Waals surface area contributed by atoms with Gasteiger partial charge < -0.3 is 9.64 Å². The van der Waals surface area contributed by atoms with Gasteiger partial charge in [-0.1, -0.05) is 23.2 Å². The van der Waals surface area contributed by atoms with Gasteiger partial charge in [-0.25, -0.2) is 0 Å². The average molecular weight is 657 g/mol. The molecule has 16 heteroatoms. The highest BCUT2D eigenvalue weighted by molar-refractivity contribution is 6.39. The first-order valence-electron chi connectivity index (χ1n) is 13.4. The minimum Gasteiger partial charge on any atom is -0.466 e. The van der Waals surface area contributed by atoms with Crippen LogP contribution >= 0.6 is 23.2 Å². The van der Waals surface area contributed by atoms with E-state index in [1.54, 1.807) is 13.8 Å². The number of hydrogen-bond donors (Lipinski definition) is 0. The number of ketones is 1. The van der Waals surface area contributed by atoms with Crippen LogP contribution in [0.1, 0.15) is 84.8 Å². The number of carbonyl (C=O) groups is 3. The molecular formula is C27H28Cl2F6N4O4. The third-order valence-corrected chi connectivity index (χ3v) is 8.74. The number of amides is 1. The van der Waals surface area contributed by atoms with Crippen molar-refractivity contribution in [1.82, 2.24) is 19.7 Å². The Hall–Kier alpha value is -2.87. The van der Waals surface area contributed by atoms with Gasteiger partial charge in [0.25, 0.3) is 5.91 Å². The summed E-state index contributed by atoms with van der Waals surface area (Å²) in [6.45, 7) is 1.38. The van der Waals surface area contributed by atoms with Gasteiger partial charge in [-0.05, 0) is 52.4 Å². The normalized spacial score (nSPS) is 21.8. The Bertz CT molecular complexity index is 1380. The summed E-state index contributed by atoms with van der Waals surface area (Å²) in [6, 6.07) is -0.852. The van der Waals surface area contributed by atoms with Crippen LogP contribution in [0.2, 0.25) is 10.0 Å². The predicted octanol–water partition coefficient (Wildman–Crippen LogP) is 6.96. The first-order valence-corrected chi connectivity index (χ1v) is 14.2. The molecule has 2 aromatic rings. The van der Waals surface area contributed by atoms with Crippen LogP contribution in [0.4, 0.5) is 26.3 Å². The lowest BCUT2D eigenvalue weighted by Gasteiger charge is -2.36. The van der Waals surface area contributed by atoms with Gasteiger partial charge in [-0.15, -0.1) is 0 Å². The summed E-state index contributed by atoms with van der Waals surface area (Å²) in [4.78, 5) is 43.3. The molecule has 236 valence electrons. The number of esters is 1. The standard InChI is InChI=1S/C27H28Cl2F6N4O4/c1-3-43-23(42)24(2)6-4-15(5-7-24)39-21(26(30,31)32)16(10-37-39)22(41)38(14-25(8-9-25)27(33,34)35)13-19(40)20-17(28)11-36-12-18(20)29/h10-12,15H,3-9,13-14H2,1-2H3. The van der Waals surface area contributed by atoms with Crippen LogP contribution in [-0.4, -0.2) is 63.2 Å². The second-order valence-electron chi connectivity index (χ2n) is 11.2. The largest absolute Gasteiger partial charge is 0.466 e. The molecule has 0 saturated heterocycles. The summed E-state index contributed by atoms with van der Waals surface area (Å²) in [5.74, 6) is -2.89. The van der Waals surface area contributed by atoms with E-state index < -0.39 is 71.2 Å². The van der Waals surface area contributed by atoms with E-state index in [4.69, 9.17) is 27.9 Å². The van der Waals surface area contributed by atoms with E-state index in [9.17, 15) is 40.7 Å². The molecule has 0 N–H and O–H groups in total. The van der Waals surface area contributed by atoms with Crippen molar-refractivity contribution in [2.45, 2.75) is 70.8 Å². The summed E-state index contributed by atoms with van der Waals surface area (Å²) in [5.41, 5.74) is -6.05. The monoisotopic (exact) mass is 656 g/mol. The molecule has 0 atom stereocenters. The summed E-state index contributed by atoms with van der Waals surface area (Å²) in [7, 11) is 0. The fourth-order valence-corrected chi connectivity index (χ4v) is 5.99. The Morgan fingerprint density at radius 2 is 1.60 bits per heavy atom. The van der Waals surface area contributed by atoms with E-state index in [1.165, 1.54) is 0 Å². The number of Topliss-reactive ketones (excluding diaryl/α,β-unsaturated/α-hetero) is 1. The van der Waals surface area contributed by atoms with Crippen molar-refractivity contribution < 1.29 is 45.5 Å². The van der Waals surface area contributed by atoms with Gasteiger partial charge in [0.1, 0.15) is 0 Å². The zero-order chi connectivity index (χ0) is 32.0. The van der Waals surface area contributed by atoms with Crippen molar-refractivity contribution in [1.29, 1.82) is 0 Å². The van der Waals surface area contributed by atoms with Crippen molar-refractivity contribution in [2.24, 2.45) is 10.8 Å². The highest BCUT2D eigenvalue weighted by atomic mass is 35.5. The van der Waals surface area contributed by atoms with Gasteiger partial charge in [0.05, 0.1) is 57.4 Å². The number of alkyl halides is 6. The fraction of sp³-hybridized carbons (Fsp3) is 0.593. The summed E-state index contributed by atoms with van der Waals surface area (Å²) in [6.07, 6.45) is -7.25. The number of hydrogen-bond acceptors (Lipinski definition) is 6. The van der Waals surface area contributed by atoms with Crippen LogP contribution in [0.25, 0.3) is 0 Å². The van der Waals surface area contributed by atoms with Crippen molar-refractivity contribution in [2.75, 3.05) is 19.7 Å². The van der Waals surface area contributed by atoms with Crippen molar-refractivity contribution in [3.63, 3.8) is 0 Å². The number of pyridine rings is 1. The zero-order valence-corrected chi connectivity index (χ0v) is 24.6. The first-order chi connectivity index (χ1) is 19.9. The smallest absolute Gasteiger partial charge is 0.433 e. The maximum Gasteiger partial charge on any atom is 0.433 e. The quantitative estimate of drug-likeness (QED) is 0.165. The maximum atomic E-state index is 14.5. The van der Waals surface area contributed by atoms with Crippen LogP contribution in [0, 0.1) is 10.8 Å². The number of ether oxygens (including phenoxy) is 1. The molecule has 0 aliphatic heterocycles. The second-order valence-corrected chi connectivity index (χ2v) is 12.0. The van der Waals surface area contributed by atoms with Gasteiger partial charge >= 0.3 is 18.3 Å². The van der Waals surface area contributed by atoms with Gasteiger partial charge in [0.2, 0.25) is 0 Å². The van der Waals surface area contributed by atoms with E-state index in [0.29, 0.717) is 15.8 Å². The van der Waals surface area contributed by atoms with Crippen LogP contribution in [0.3, 0.4) is 0 Å². The molecule has 2 saturated carbocycles. The minimum atomic E-state index is -5.13. The summed E-state index contributed by atoms with van der Waals surface area (Å²) >= 11 is 12.0. The number of rotatable bonds is 9. The lowest BCUT2D eigenvalue weighted by molar-refractivity contribution is -0.189. The van der Waals surface area contributed by atoms with E-state index in [-0.39, 0.29) is 60.7 Å². The Labute approximate surface area is 252 Å². The lowest BCUT2D eigenvalue weighted by atomic mass is 9.74.